The maximum Gasteiger partial charge on any atom is 0.263 e. The minimum atomic E-state index is -0.253. The normalized spacial score (nSPS) is 10.8. The molecule has 4 rings (SSSR count). The van der Waals surface area contributed by atoms with Crippen LogP contribution in [0.15, 0.2) is 63.7 Å². The maximum absolute atomic E-state index is 13.3. The van der Waals surface area contributed by atoms with Crippen molar-refractivity contribution in [1.29, 1.82) is 0 Å². The maximum atomic E-state index is 13.3. The van der Waals surface area contributed by atoms with Gasteiger partial charge in [0.15, 0.2) is 5.16 Å². The van der Waals surface area contributed by atoms with Crippen molar-refractivity contribution in [2.45, 2.75) is 11.7 Å². The molecule has 3 heterocycles. The number of benzene rings is 1. The Morgan fingerprint density at radius 3 is 2.82 bits per heavy atom. The molecule has 170 valence electrons. The number of thioether (sulfide) groups is 1. The molecule has 1 N–H and O–H groups in total. The summed E-state index contributed by atoms with van der Waals surface area (Å²) in [7, 11) is 3.09. The van der Waals surface area contributed by atoms with Crippen LogP contribution >= 0.6 is 34.4 Å². The van der Waals surface area contributed by atoms with E-state index < -0.39 is 0 Å². The highest BCUT2D eigenvalue weighted by atomic mass is 32.2. The fourth-order valence-electron chi connectivity index (χ4n) is 3.25. The summed E-state index contributed by atoms with van der Waals surface area (Å²) in [6.07, 6.45) is 1.65. The highest BCUT2D eigenvalue weighted by Crippen LogP contribution is 2.35. The molecular formula is C23H21N3O4S3. The van der Waals surface area contributed by atoms with E-state index in [4.69, 9.17) is 14.5 Å². The van der Waals surface area contributed by atoms with Gasteiger partial charge in [0.25, 0.3) is 5.56 Å². The van der Waals surface area contributed by atoms with Crippen LogP contribution < -0.4 is 20.3 Å². The molecule has 0 aliphatic heterocycles. The van der Waals surface area contributed by atoms with Gasteiger partial charge < -0.3 is 14.8 Å². The molecule has 0 aliphatic carbocycles. The Balaban J connectivity index is 1.60. The second kappa shape index (κ2) is 10.2. The molecule has 0 unspecified atom stereocenters. The second-order valence-corrected chi connectivity index (χ2v) is 9.56. The van der Waals surface area contributed by atoms with Crippen molar-refractivity contribution < 1.29 is 14.3 Å². The van der Waals surface area contributed by atoms with Crippen LogP contribution in [-0.4, -0.2) is 35.4 Å². The Morgan fingerprint density at radius 1 is 1.27 bits per heavy atom. The van der Waals surface area contributed by atoms with Crippen molar-refractivity contribution in [2.24, 2.45) is 0 Å². The van der Waals surface area contributed by atoms with Gasteiger partial charge in [0.05, 0.1) is 31.0 Å². The first-order valence-electron chi connectivity index (χ1n) is 9.87. The number of amides is 1. The Morgan fingerprint density at radius 2 is 2.12 bits per heavy atom. The van der Waals surface area contributed by atoms with E-state index in [1.54, 1.807) is 47.3 Å². The summed E-state index contributed by atoms with van der Waals surface area (Å²) >= 11 is 4.21. The van der Waals surface area contributed by atoms with Crippen LogP contribution in [0.3, 0.4) is 0 Å². The topological polar surface area (TPSA) is 82.5 Å². The molecule has 7 nitrogen and oxygen atoms in total. The summed E-state index contributed by atoms with van der Waals surface area (Å²) in [6.45, 7) is 4.07. The lowest BCUT2D eigenvalue weighted by Crippen LogP contribution is -2.23. The molecule has 0 saturated carbocycles. The van der Waals surface area contributed by atoms with Crippen molar-refractivity contribution in [3.05, 3.63) is 64.1 Å². The van der Waals surface area contributed by atoms with Crippen LogP contribution in [0.5, 0.6) is 11.5 Å². The van der Waals surface area contributed by atoms with Gasteiger partial charge in [-0.3, -0.25) is 14.2 Å². The first-order valence-corrected chi connectivity index (χ1v) is 12.6. The van der Waals surface area contributed by atoms with Crippen LogP contribution in [0.1, 0.15) is 0 Å². The zero-order chi connectivity index (χ0) is 23.4. The van der Waals surface area contributed by atoms with Gasteiger partial charge in [-0.2, -0.15) is 0 Å². The van der Waals surface area contributed by atoms with Crippen molar-refractivity contribution in [2.75, 3.05) is 25.3 Å². The number of rotatable bonds is 9. The summed E-state index contributed by atoms with van der Waals surface area (Å²) in [5.41, 5.74) is 1.26. The molecule has 1 aromatic carbocycles. The molecule has 0 spiro atoms. The predicted molar refractivity (Wildman–Crippen MR) is 136 cm³/mol. The SMILES string of the molecule is C=CCn1c(SCC(=O)Nc2cc(OC)ccc2OC)nc2scc(-c3cccs3)c2c1=O. The molecule has 10 heteroatoms. The number of allylic oxidation sites excluding steroid dienone is 1. The quantitative estimate of drug-likeness (QED) is 0.196. The van der Waals surface area contributed by atoms with Gasteiger partial charge in [0.1, 0.15) is 16.3 Å². The fraction of sp³-hybridized carbons (Fsp3) is 0.174. The molecule has 33 heavy (non-hydrogen) atoms. The lowest BCUT2D eigenvalue weighted by atomic mass is 10.2. The average Bonchev–Trinajstić information content (AvgIpc) is 3.49. The van der Waals surface area contributed by atoms with Crippen LogP contribution in [0.25, 0.3) is 20.7 Å². The molecular weight excluding hydrogens is 478 g/mol. The van der Waals surface area contributed by atoms with Crippen LogP contribution in [0.4, 0.5) is 5.69 Å². The van der Waals surface area contributed by atoms with E-state index in [-0.39, 0.29) is 17.2 Å². The third-order valence-electron chi connectivity index (χ3n) is 4.77. The van der Waals surface area contributed by atoms with E-state index in [9.17, 15) is 9.59 Å². The minimum Gasteiger partial charge on any atom is -0.497 e. The number of nitrogens with zero attached hydrogens (tertiary/aromatic N) is 2. The summed E-state index contributed by atoms with van der Waals surface area (Å²) in [4.78, 5) is 32.4. The zero-order valence-electron chi connectivity index (χ0n) is 18.0. The van der Waals surface area contributed by atoms with Gasteiger partial charge in [-0.1, -0.05) is 23.9 Å². The monoisotopic (exact) mass is 499 g/mol. The molecule has 0 saturated heterocycles. The lowest BCUT2D eigenvalue weighted by molar-refractivity contribution is -0.113. The number of hydrogen-bond donors (Lipinski definition) is 1. The highest BCUT2D eigenvalue weighted by molar-refractivity contribution is 7.99. The highest BCUT2D eigenvalue weighted by Gasteiger charge is 2.18. The summed E-state index contributed by atoms with van der Waals surface area (Å²) in [5.74, 6) is 0.942. The lowest BCUT2D eigenvalue weighted by Gasteiger charge is -2.13. The molecule has 1 amide bonds. The Kier molecular flexibility index (Phi) is 7.17. The summed E-state index contributed by atoms with van der Waals surface area (Å²) in [6, 6.07) is 9.11. The molecule has 0 bridgehead atoms. The van der Waals surface area contributed by atoms with E-state index in [0.29, 0.717) is 39.1 Å². The van der Waals surface area contributed by atoms with Crippen molar-refractivity contribution in [1.82, 2.24) is 9.55 Å². The van der Waals surface area contributed by atoms with Gasteiger partial charge in [-0.15, -0.1) is 29.3 Å². The first-order chi connectivity index (χ1) is 16.0. The molecule has 0 radical (unpaired) electrons. The van der Waals surface area contributed by atoms with Gasteiger partial charge >= 0.3 is 0 Å². The number of thiophene rings is 2. The van der Waals surface area contributed by atoms with E-state index >= 15 is 0 Å². The molecule has 0 atom stereocenters. The van der Waals surface area contributed by atoms with Gasteiger partial charge in [-0.25, -0.2) is 4.98 Å². The number of fused-ring (bicyclic) bond motifs is 1. The smallest absolute Gasteiger partial charge is 0.263 e. The van der Waals surface area contributed by atoms with Gasteiger partial charge in [0.2, 0.25) is 5.91 Å². The molecule has 0 fully saturated rings. The first kappa shape index (κ1) is 23.1. The molecule has 4 aromatic rings. The Labute approximate surface area is 202 Å². The van der Waals surface area contributed by atoms with E-state index in [1.165, 1.54) is 30.2 Å². The predicted octanol–water partition coefficient (Wildman–Crippen LogP) is 5.12. The van der Waals surface area contributed by atoms with Crippen LogP contribution in [0, 0.1) is 0 Å². The summed E-state index contributed by atoms with van der Waals surface area (Å²) < 4.78 is 12.1. The van der Waals surface area contributed by atoms with Crippen molar-refractivity contribution in [3.63, 3.8) is 0 Å². The minimum absolute atomic E-state index is 0.0681. The van der Waals surface area contributed by atoms with E-state index in [2.05, 4.69) is 11.9 Å². The summed E-state index contributed by atoms with van der Waals surface area (Å²) in [5, 5.41) is 7.84. The standard InChI is InChI=1S/C23H21N3O4S3/c1-4-9-26-22(28)20-15(18-6-5-10-31-18)12-32-21(20)25-23(26)33-13-19(27)24-16-11-14(29-2)7-8-17(16)30-3/h4-8,10-12H,1,9,13H2,2-3H3,(H,24,27). The average molecular weight is 500 g/mol. The number of carbonyl (C=O) groups excluding carboxylic acids is 1. The number of nitrogens with one attached hydrogen (secondary N) is 1. The number of hydrogen-bond acceptors (Lipinski definition) is 8. The number of aromatic nitrogens is 2. The van der Waals surface area contributed by atoms with Crippen molar-refractivity contribution in [3.8, 4) is 21.9 Å². The zero-order valence-corrected chi connectivity index (χ0v) is 20.4. The largest absolute Gasteiger partial charge is 0.497 e. The van der Waals surface area contributed by atoms with Gasteiger partial charge in [-0.05, 0) is 23.6 Å². The third kappa shape index (κ3) is 4.82. The van der Waals surface area contributed by atoms with Crippen LogP contribution in [0.2, 0.25) is 0 Å². The number of carbonyl (C=O) groups is 1. The van der Waals surface area contributed by atoms with E-state index in [1.807, 2.05) is 22.9 Å². The molecule has 3 aromatic heterocycles. The Hall–Kier alpha value is -3.08. The fourth-order valence-corrected chi connectivity index (χ4v) is 5.86. The van der Waals surface area contributed by atoms with E-state index in [0.717, 1.165) is 10.4 Å². The second-order valence-electron chi connectivity index (χ2n) is 6.81. The van der Waals surface area contributed by atoms with Crippen molar-refractivity contribution >= 4 is 56.2 Å². The number of anilines is 1. The molecule has 0 aliphatic rings. The number of methoxy groups -OCH3 is 2. The Bertz CT molecular complexity index is 1360. The third-order valence-corrected chi connectivity index (χ3v) is 7.52. The van der Waals surface area contributed by atoms with Gasteiger partial charge in [0, 0.05) is 28.4 Å². The van der Waals surface area contributed by atoms with Crippen LogP contribution in [-0.2, 0) is 11.3 Å². The number of ether oxygens (including phenoxy) is 2.